The fraction of sp³-hybridized carbons (Fsp3) is 0.250. The molecular weight excluding hydrogens is 338 g/mol. The lowest BCUT2D eigenvalue weighted by molar-refractivity contribution is 0.461. The number of nitrogens with one attached hydrogen (secondary N) is 1. The predicted octanol–water partition coefficient (Wildman–Crippen LogP) is 4.10. The fourth-order valence-electron chi connectivity index (χ4n) is 1.99. The first kappa shape index (κ1) is 18.7. The van der Waals surface area contributed by atoms with Crippen LogP contribution >= 0.6 is 0 Å². The first-order valence-electron chi connectivity index (χ1n) is 7.35. The maximum atomic E-state index is 14.0. The quantitative estimate of drug-likeness (QED) is 0.466. The molecule has 0 heterocycles. The molecule has 0 spiro atoms. The maximum absolute atomic E-state index is 14.0. The van der Waals surface area contributed by atoms with E-state index in [2.05, 4.69) is 15.5 Å². The van der Waals surface area contributed by atoms with Crippen LogP contribution in [-0.2, 0) is 0 Å². The van der Waals surface area contributed by atoms with Gasteiger partial charge in [0.2, 0.25) is 0 Å². The van der Waals surface area contributed by atoms with E-state index in [1.165, 1.54) is 0 Å². The van der Waals surface area contributed by atoms with Crippen molar-refractivity contribution in [1.82, 2.24) is 0 Å². The van der Waals surface area contributed by atoms with Crippen molar-refractivity contribution in [2.24, 2.45) is 16.0 Å². The Hall–Kier alpha value is -2.68. The summed E-state index contributed by atoms with van der Waals surface area (Å²) in [7, 11) is 3.68. The van der Waals surface area contributed by atoms with Crippen molar-refractivity contribution >= 4 is 22.7 Å². The molecule has 0 radical (unpaired) electrons. The third-order valence-corrected chi connectivity index (χ3v) is 3.32. The molecule has 0 saturated carbocycles. The van der Waals surface area contributed by atoms with Gasteiger partial charge in [-0.3, -0.25) is 0 Å². The summed E-state index contributed by atoms with van der Waals surface area (Å²) in [6, 6.07) is 6.53. The lowest BCUT2D eigenvalue weighted by Crippen LogP contribution is -2.16. The van der Waals surface area contributed by atoms with E-state index >= 15 is 0 Å². The molecule has 25 heavy (non-hydrogen) atoms. The molecule has 2 rings (SSSR count). The Morgan fingerprint density at radius 2 is 1.48 bits per heavy atom. The number of nitrogens with two attached hydrogens (primary N) is 1. The molecule has 2 aromatic rings. The van der Waals surface area contributed by atoms with Crippen LogP contribution in [0.2, 0.25) is 0 Å². The standard InChI is InChI=1S/C16H17F4N5/c1-25(2)10-5-3-9(4-6-10)23-24-16-13(19)11(17)15(22-8-7-21)12(18)14(16)20/h3-6,22H,7-8,21H2,1-2H3. The van der Waals surface area contributed by atoms with E-state index in [4.69, 9.17) is 5.73 Å². The molecule has 0 fully saturated rings. The van der Waals surface area contributed by atoms with E-state index in [9.17, 15) is 17.6 Å². The number of hydrogen-bond donors (Lipinski definition) is 2. The largest absolute Gasteiger partial charge is 0.379 e. The van der Waals surface area contributed by atoms with Gasteiger partial charge in [-0.2, -0.15) is 5.11 Å². The Morgan fingerprint density at radius 3 is 1.96 bits per heavy atom. The molecule has 0 saturated heterocycles. The lowest BCUT2D eigenvalue weighted by Gasteiger charge is -2.11. The minimum Gasteiger partial charge on any atom is -0.379 e. The molecular formula is C16H17F4N5. The highest BCUT2D eigenvalue weighted by Crippen LogP contribution is 2.34. The van der Waals surface area contributed by atoms with Gasteiger partial charge in [0.1, 0.15) is 5.69 Å². The van der Waals surface area contributed by atoms with E-state index in [-0.39, 0.29) is 18.8 Å². The normalized spacial score (nSPS) is 11.2. The number of hydrogen-bond acceptors (Lipinski definition) is 5. The van der Waals surface area contributed by atoms with Gasteiger partial charge in [0.15, 0.2) is 29.0 Å². The molecule has 9 heteroatoms. The molecule has 3 N–H and O–H groups in total. The van der Waals surface area contributed by atoms with Gasteiger partial charge in [0.25, 0.3) is 0 Å². The number of nitrogens with zero attached hydrogens (tertiary/aromatic N) is 3. The SMILES string of the molecule is CN(C)c1ccc(N=Nc2c(F)c(F)c(NCCN)c(F)c2F)cc1. The van der Waals surface area contributed by atoms with E-state index in [1.807, 2.05) is 19.0 Å². The zero-order valence-corrected chi connectivity index (χ0v) is 13.7. The second-order valence-corrected chi connectivity index (χ2v) is 5.31. The molecule has 0 aromatic heterocycles. The first-order chi connectivity index (χ1) is 11.9. The van der Waals surface area contributed by atoms with E-state index in [0.29, 0.717) is 0 Å². The van der Waals surface area contributed by atoms with Gasteiger partial charge in [-0.15, -0.1) is 5.11 Å². The summed E-state index contributed by atoms with van der Waals surface area (Å²) in [5, 5.41) is 9.15. The summed E-state index contributed by atoms with van der Waals surface area (Å²) in [5.41, 5.74) is 4.29. The Balaban J connectivity index is 2.36. The smallest absolute Gasteiger partial charge is 0.191 e. The number of rotatable bonds is 6. The average Bonchev–Trinajstić information content (AvgIpc) is 2.60. The number of benzene rings is 2. The zero-order chi connectivity index (χ0) is 18.6. The van der Waals surface area contributed by atoms with Crippen molar-refractivity contribution < 1.29 is 17.6 Å². The Kier molecular flexibility index (Phi) is 5.92. The van der Waals surface area contributed by atoms with Crippen molar-refractivity contribution in [2.75, 3.05) is 37.4 Å². The van der Waals surface area contributed by atoms with Crippen LogP contribution in [0.15, 0.2) is 34.5 Å². The van der Waals surface area contributed by atoms with Crippen LogP contribution in [0.5, 0.6) is 0 Å². The number of anilines is 2. The molecule has 0 aliphatic heterocycles. The Morgan fingerprint density at radius 1 is 0.920 bits per heavy atom. The van der Waals surface area contributed by atoms with Crippen LogP contribution in [0.4, 0.5) is 40.3 Å². The van der Waals surface area contributed by atoms with Gasteiger partial charge >= 0.3 is 0 Å². The summed E-state index contributed by atoms with van der Waals surface area (Å²) in [4.78, 5) is 1.85. The Labute approximate surface area is 142 Å². The summed E-state index contributed by atoms with van der Waals surface area (Å²) in [6.45, 7) is -0.0155. The van der Waals surface area contributed by atoms with Crippen molar-refractivity contribution in [2.45, 2.75) is 0 Å². The summed E-state index contributed by atoms with van der Waals surface area (Å²) < 4.78 is 55.8. The van der Waals surface area contributed by atoms with Gasteiger partial charge in [-0.05, 0) is 24.3 Å². The van der Waals surface area contributed by atoms with Crippen molar-refractivity contribution in [3.05, 3.63) is 47.5 Å². The van der Waals surface area contributed by atoms with Gasteiger partial charge in [0, 0.05) is 32.9 Å². The van der Waals surface area contributed by atoms with Crippen LogP contribution < -0.4 is 16.0 Å². The third kappa shape index (κ3) is 4.05. The molecule has 134 valence electrons. The maximum Gasteiger partial charge on any atom is 0.191 e. The van der Waals surface area contributed by atoms with Crippen LogP contribution in [-0.4, -0.2) is 27.2 Å². The minimum absolute atomic E-state index is 0.0342. The first-order valence-corrected chi connectivity index (χ1v) is 7.35. The zero-order valence-electron chi connectivity index (χ0n) is 13.7. The van der Waals surface area contributed by atoms with E-state index in [1.54, 1.807) is 24.3 Å². The topological polar surface area (TPSA) is 66.0 Å². The van der Waals surface area contributed by atoms with E-state index < -0.39 is 34.6 Å². The van der Waals surface area contributed by atoms with E-state index in [0.717, 1.165) is 5.69 Å². The number of halogens is 4. The van der Waals surface area contributed by atoms with Gasteiger partial charge < -0.3 is 16.0 Å². The summed E-state index contributed by atoms with van der Waals surface area (Å²) >= 11 is 0. The average molecular weight is 355 g/mol. The molecule has 2 aromatic carbocycles. The lowest BCUT2D eigenvalue weighted by atomic mass is 10.2. The highest BCUT2D eigenvalue weighted by molar-refractivity contribution is 5.56. The van der Waals surface area contributed by atoms with Gasteiger partial charge in [0.05, 0.1) is 5.69 Å². The highest BCUT2D eigenvalue weighted by Gasteiger charge is 2.25. The molecule has 0 amide bonds. The van der Waals surface area contributed by atoms with Crippen molar-refractivity contribution in [3.63, 3.8) is 0 Å². The predicted molar refractivity (Wildman–Crippen MR) is 88.8 cm³/mol. The van der Waals surface area contributed by atoms with Crippen molar-refractivity contribution in [3.8, 4) is 0 Å². The molecule has 5 nitrogen and oxygen atoms in total. The monoisotopic (exact) mass is 355 g/mol. The molecule has 0 atom stereocenters. The molecule has 0 aliphatic rings. The molecule has 0 bridgehead atoms. The van der Waals surface area contributed by atoms with Crippen molar-refractivity contribution in [1.29, 1.82) is 0 Å². The fourth-order valence-corrected chi connectivity index (χ4v) is 1.99. The van der Waals surface area contributed by atoms with Crippen LogP contribution in [0, 0.1) is 23.3 Å². The van der Waals surface area contributed by atoms with Gasteiger partial charge in [-0.25, -0.2) is 17.6 Å². The van der Waals surface area contributed by atoms with Crippen LogP contribution in [0.25, 0.3) is 0 Å². The van der Waals surface area contributed by atoms with Crippen LogP contribution in [0.3, 0.4) is 0 Å². The molecule has 0 unspecified atom stereocenters. The second-order valence-electron chi connectivity index (χ2n) is 5.31. The van der Waals surface area contributed by atoms with Crippen LogP contribution in [0.1, 0.15) is 0 Å². The highest BCUT2D eigenvalue weighted by atomic mass is 19.2. The number of azo groups is 1. The third-order valence-electron chi connectivity index (χ3n) is 3.32. The minimum atomic E-state index is -1.63. The molecule has 0 aliphatic carbocycles. The summed E-state index contributed by atoms with van der Waals surface area (Å²) in [5.74, 6) is -6.42. The summed E-state index contributed by atoms with van der Waals surface area (Å²) in [6.07, 6.45) is 0. The second kappa shape index (κ2) is 7.93. The Bertz CT molecular complexity index is 746. The van der Waals surface area contributed by atoms with Gasteiger partial charge in [-0.1, -0.05) is 0 Å².